The molecule has 0 radical (unpaired) electrons. The molecular weight excluding hydrogens is 190 g/mol. The van der Waals surface area contributed by atoms with Crippen molar-refractivity contribution in [2.24, 2.45) is 0 Å². The highest BCUT2D eigenvalue weighted by atomic mass is 16.1. The van der Waals surface area contributed by atoms with E-state index in [4.69, 9.17) is 5.26 Å². The highest BCUT2D eigenvalue weighted by molar-refractivity contribution is 5.45. The summed E-state index contributed by atoms with van der Waals surface area (Å²) in [5.74, 6) is 0. The summed E-state index contributed by atoms with van der Waals surface area (Å²) in [6, 6.07) is 5.50. The lowest BCUT2D eigenvalue weighted by Crippen LogP contribution is -2.19. The van der Waals surface area contributed by atoms with Crippen molar-refractivity contribution in [3.05, 3.63) is 45.5 Å². The summed E-state index contributed by atoms with van der Waals surface area (Å²) in [7, 11) is 0. The Kier molecular flexibility index (Phi) is 2.01. The van der Waals surface area contributed by atoms with E-state index in [-0.39, 0.29) is 11.1 Å². The molecule has 0 unspecified atom stereocenters. The first-order chi connectivity index (χ1) is 7.13. The third kappa shape index (κ3) is 1.38. The van der Waals surface area contributed by atoms with E-state index in [0.717, 1.165) is 5.56 Å². The SMILES string of the molecule is Cc1ccn2c(=O)c(C#N)c(C)nc2c1. The number of hydrogen-bond donors (Lipinski definition) is 0. The lowest BCUT2D eigenvalue weighted by molar-refractivity contribution is 0.999. The smallest absolute Gasteiger partial charge is 0.267 e. The molecule has 0 amide bonds. The third-order valence-corrected chi connectivity index (χ3v) is 2.28. The Balaban J connectivity index is 2.99. The van der Waals surface area contributed by atoms with Crippen molar-refractivity contribution < 1.29 is 0 Å². The first-order valence-electron chi connectivity index (χ1n) is 4.53. The van der Waals surface area contributed by atoms with Crippen LogP contribution in [0.3, 0.4) is 0 Å². The standard InChI is InChI=1S/C11H9N3O/c1-7-3-4-14-10(5-7)13-8(2)9(6-12)11(14)15/h3-5H,1-2H3. The number of aryl methyl sites for hydroxylation is 2. The van der Waals surface area contributed by atoms with E-state index < -0.39 is 0 Å². The number of fused-ring (bicyclic) bond motifs is 1. The molecule has 15 heavy (non-hydrogen) atoms. The van der Waals surface area contributed by atoms with Crippen LogP contribution in [0.25, 0.3) is 5.65 Å². The lowest BCUT2D eigenvalue weighted by Gasteiger charge is -2.03. The molecule has 0 atom stereocenters. The van der Waals surface area contributed by atoms with E-state index in [2.05, 4.69) is 4.98 Å². The first kappa shape index (κ1) is 9.41. The van der Waals surface area contributed by atoms with Crippen LogP contribution in [0.1, 0.15) is 16.8 Å². The van der Waals surface area contributed by atoms with Gasteiger partial charge in [0.25, 0.3) is 5.56 Å². The maximum Gasteiger partial charge on any atom is 0.276 e. The first-order valence-corrected chi connectivity index (χ1v) is 4.53. The number of nitrogens with zero attached hydrogens (tertiary/aromatic N) is 3. The van der Waals surface area contributed by atoms with Crippen molar-refractivity contribution in [3.63, 3.8) is 0 Å². The Hall–Kier alpha value is -2.15. The minimum absolute atomic E-state index is 0.108. The van der Waals surface area contributed by atoms with E-state index >= 15 is 0 Å². The van der Waals surface area contributed by atoms with Crippen molar-refractivity contribution >= 4 is 5.65 Å². The van der Waals surface area contributed by atoms with Crippen LogP contribution in [-0.2, 0) is 0 Å². The van der Waals surface area contributed by atoms with Gasteiger partial charge >= 0.3 is 0 Å². The van der Waals surface area contributed by atoms with Gasteiger partial charge in [0.15, 0.2) is 0 Å². The molecule has 0 fully saturated rings. The molecule has 0 N–H and O–H groups in total. The fraction of sp³-hybridized carbons (Fsp3) is 0.182. The zero-order valence-corrected chi connectivity index (χ0v) is 8.48. The third-order valence-electron chi connectivity index (χ3n) is 2.28. The Morgan fingerprint density at radius 2 is 2.20 bits per heavy atom. The molecule has 0 spiro atoms. The molecule has 0 aliphatic carbocycles. The van der Waals surface area contributed by atoms with Gasteiger partial charge in [0.2, 0.25) is 0 Å². The molecular formula is C11H9N3O. The van der Waals surface area contributed by atoms with Crippen molar-refractivity contribution in [1.29, 1.82) is 5.26 Å². The monoisotopic (exact) mass is 199 g/mol. The van der Waals surface area contributed by atoms with Crippen LogP contribution in [0, 0.1) is 25.2 Å². The molecule has 74 valence electrons. The minimum Gasteiger partial charge on any atom is -0.267 e. The second-order valence-electron chi connectivity index (χ2n) is 3.42. The fourth-order valence-corrected chi connectivity index (χ4v) is 1.48. The summed E-state index contributed by atoms with van der Waals surface area (Å²) >= 11 is 0. The molecule has 0 aliphatic rings. The number of hydrogen-bond acceptors (Lipinski definition) is 3. The van der Waals surface area contributed by atoms with Gasteiger partial charge in [-0.25, -0.2) is 4.98 Å². The van der Waals surface area contributed by atoms with Crippen molar-refractivity contribution in [2.75, 3.05) is 0 Å². The van der Waals surface area contributed by atoms with Gasteiger partial charge in [-0.1, -0.05) is 0 Å². The van der Waals surface area contributed by atoms with Gasteiger partial charge in [-0.05, 0) is 31.5 Å². The second-order valence-corrected chi connectivity index (χ2v) is 3.42. The predicted molar refractivity (Wildman–Crippen MR) is 55.7 cm³/mol. The van der Waals surface area contributed by atoms with Crippen molar-refractivity contribution in [1.82, 2.24) is 9.38 Å². The topological polar surface area (TPSA) is 58.2 Å². The van der Waals surface area contributed by atoms with Crippen molar-refractivity contribution in [2.45, 2.75) is 13.8 Å². The maximum absolute atomic E-state index is 11.8. The van der Waals surface area contributed by atoms with Crippen LogP contribution in [0.2, 0.25) is 0 Å². The van der Waals surface area contributed by atoms with Crippen LogP contribution in [0.15, 0.2) is 23.1 Å². The second kappa shape index (κ2) is 3.21. The molecule has 2 aromatic heterocycles. The molecule has 0 aromatic carbocycles. The van der Waals surface area contributed by atoms with Crippen LogP contribution in [-0.4, -0.2) is 9.38 Å². The minimum atomic E-state index is -0.306. The number of pyridine rings is 1. The van der Waals surface area contributed by atoms with Crippen LogP contribution in [0.4, 0.5) is 0 Å². The Morgan fingerprint density at radius 1 is 1.47 bits per heavy atom. The van der Waals surface area contributed by atoms with Crippen LogP contribution < -0.4 is 5.56 Å². The van der Waals surface area contributed by atoms with Crippen LogP contribution >= 0.6 is 0 Å². The maximum atomic E-state index is 11.8. The summed E-state index contributed by atoms with van der Waals surface area (Å²) in [4.78, 5) is 16.0. The largest absolute Gasteiger partial charge is 0.276 e. The molecule has 0 bridgehead atoms. The van der Waals surface area contributed by atoms with E-state index in [1.165, 1.54) is 4.40 Å². The van der Waals surface area contributed by atoms with Gasteiger partial charge < -0.3 is 0 Å². The normalized spacial score (nSPS) is 10.2. The van der Waals surface area contributed by atoms with Gasteiger partial charge in [-0.2, -0.15) is 5.26 Å². The van der Waals surface area contributed by atoms with Gasteiger partial charge in [0, 0.05) is 6.20 Å². The molecule has 2 heterocycles. The van der Waals surface area contributed by atoms with E-state index in [1.807, 2.05) is 25.1 Å². The predicted octanol–water partition coefficient (Wildman–Crippen LogP) is 1.18. The molecule has 4 heteroatoms. The molecule has 0 saturated heterocycles. The summed E-state index contributed by atoms with van der Waals surface area (Å²) in [6.45, 7) is 3.60. The van der Waals surface area contributed by atoms with Gasteiger partial charge in [0.05, 0.1) is 5.69 Å². The zero-order valence-electron chi connectivity index (χ0n) is 8.48. The van der Waals surface area contributed by atoms with Crippen LogP contribution in [0.5, 0.6) is 0 Å². The van der Waals surface area contributed by atoms with Gasteiger partial charge in [-0.15, -0.1) is 0 Å². The summed E-state index contributed by atoms with van der Waals surface area (Å²) < 4.78 is 1.39. The summed E-state index contributed by atoms with van der Waals surface area (Å²) in [5, 5.41) is 8.81. The molecule has 0 saturated carbocycles. The zero-order chi connectivity index (χ0) is 11.0. The number of rotatable bonds is 0. The summed E-state index contributed by atoms with van der Waals surface area (Å²) in [6.07, 6.45) is 1.64. The summed E-state index contributed by atoms with van der Waals surface area (Å²) in [5.41, 5.74) is 1.90. The molecule has 2 aromatic rings. The number of aromatic nitrogens is 2. The van der Waals surface area contributed by atoms with Crippen molar-refractivity contribution in [3.8, 4) is 6.07 Å². The lowest BCUT2D eigenvalue weighted by atomic mass is 10.2. The van der Waals surface area contributed by atoms with Gasteiger partial charge in [0.1, 0.15) is 17.3 Å². The number of nitriles is 1. The molecule has 4 nitrogen and oxygen atoms in total. The van der Waals surface area contributed by atoms with E-state index in [9.17, 15) is 4.79 Å². The van der Waals surface area contributed by atoms with E-state index in [0.29, 0.717) is 11.3 Å². The molecule has 0 aliphatic heterocycles. The van der Waals surface area contributed by atoms with E-state index in [1.54, 1.807) is 13.1 Å². The molecule has 2 rings (SSSR count). The Morgan fingerprint density at radius 3 is 2.87 bits per heavy atom. The Labute approximate surface area is 86.4 Å². The fourth-order valence-electron chi connectivity index (χ4n) is 1.48. The average molecular weight is 199 g/mol. The highest BCUT2D eigenvalue weighted by Gasteiger charge is 2.08. The quantitative estimate of drug-likeness (QED) is 0.640. The highest BCUT2D eigenvalue weighted by Crippen LogP contribution is 2.05. The Bertz CT molecular complexity index is 635. The average Bonchev–Trinajstić information content (AvgIpc) is 2.17. The van der Waals surface area contributed by atoms with Gasteiger partial charge in [-0.3, -0.25) is 9.20 Å².